The molecule has 192 valence electrons. The van der Waals surface area contributed by atoms with Crippen LogP contribution in [0.3, 0.4) is 0 Å². The van der Waals surface area contributed by atoms with Crippen LogP contribution in [0, 0.1) is 0 Å². The van der Waals surface area contributed by atoms with E-state index in [1.54, 1.807) is 36.9 Å². The molecule has 0 radical (unpaired) electrons. The highest BCUT2D eigenvalue weighted by molar-refractivity contribution is 5.90. The van der Waals surface area contributed by atoms with Gasteiger partial charge in [-0.15, -0.1) is 0 Å². The van der Waals surface area contributed by atoms with E-state index < -0.39 is 0 Å². The lowest BCUT2D eigenvalue weighted by Crippen LogP contribution is -2.51. The number of carbonyl (C=O) groups excluding carboxylic acids is 1. The first-order valence-electron chi connectivity index (χ1n) is 12.4. The number of hydrogen-bond donors (Lipinski definition) is 2. The number of amides is 1. The number of aromatic nitrogens is 4. The molecule has 2 aromatic heterocycles. The molecule has 0 saturated heterocycles. The Morgan fingerprint density at radius 1 is 1.19 bits per heavy atom. The first-order valence-corrected chi connectivity index (χ1v) is 12.4. The van der Waals surface area contributed by atoms with Gasteiger partial charge in [0, 0.05) is 44.7 Å². The zero-order valence-corrected chi connectivity index (χ0v) is 21.3. The predicted molar refractivity (Wildman–Crippen MR) is 142 cm³/mol. The topological polar surface area (TPSA) is 99.5 Å². The zero-order valence-electron chi connectivity index (χ0n) is 21.3. The summed E-state index contributed by atoms with van der Waals surface area (Å²) in [5.74, 6) is 0.983. The molecule has 37 heavy (non-hydrogen) atoms. The number of phenolic OH excluding ortho intramolecular Hbond substituents is 1. The van der Waals surface area contributed by atoms with E-state index in [0.717, 1.165) is 46.3 Å². The van der Waals surface area contributed by atoms with E-state index in [9.17, 15) is 9.90 Å². The Balaban J connectivity index is 1.31. The summed E-state index contributed by atoms with van der Waals surface area (Å²) >= 11 is 0. The van der Waals surface area contributed by atoms with Gasteiger partial charge in [-0.25, -0.2) is 4.98 Å². The van der Waals surface area contributed by atoms with Crippen LogP contribution in [0.4, 0.5) is 0 Å². The largest absolute Gasteiger partial charge is 0.508 e. The monoisotopic (exact) mass is 500 g/mol. The summed E-state index contributed by atoms with van der Waals surface area (Å²) in [6.45, 7) is 1.21. The van der Waals surface area contributed by atoms with Gasteiger partial charge in [-0.2, -0.15) is 5.10 Å². The van der Waals surface area contributed by atoms with Crippen molar-refractivity contribution in [1.29, 1.82) is 0 Å². The molecule has 0 unspecified atom stereocenters. The highest BCUT2D eigenvalue weighted by atomic mass is 16.5. The first-order chi connectivity index (χ1) is 17.9. The Labute approximate surface area is 216 Å². The molecule has 2 heterocycles. The summed E-state index contributed by atoms with van der Waals surface area (Å²) in [4.78, 5) is 21.3. The van der Waals surface area contributed by atoms with Gasteiger partial charge in [0.05, 0.1) is 35.7 Å². The van der Waals surface area contributed by atoms with Crippen molar-refractivity contribution in [3.63, 3.8) is 0 Å². The number of rotatable bonds is 9. The number of benzene rings is 2. The standard InChI is InChI=1S/C28H32N6O3/c1-32(2)10-4-5-28(36)34(17-22-15-29-18-33(22)3)21-13-24(14-21)37-27-12-20(11-26-25(27)16-30-31-26)19-6-8-23(35)9-7-19/h4-9,11-12,15-16,18,21,24,35H,10,13-14,17H2,1-3H3,(H,30,31)/b5-4+/t21-,24-. The number of aromatic amines is 1. The minimum atomic E-state index is -0.00856. The number of H-pyrrole nitrogens is 1. The average molecular weight is 501 g/mol. The van der Waals surface area contributed by atoms with E-state index in [0.29, 0.717) is 13.1 Å². The molecule has 1 aliphatic rings. The molecule has 1 saturated carbocycles. The molecule has 2 aromatic carbocycles. The number of carbonyl (C=O) groups is 1. The number of ether oxygens (including phenoxy) is 1. The smallest absolute Gasteiger partial charge is 0.246 e. The number of aromatic hydroxyl groups is 1. The molecule has 4 aromatic rings. The van der Waals surface area contributed by atoms with Crippen molar-refractivity contribution in [2.45, 2.75) is 31.5 Å². The van der Waals surface area contributed by atoms with E-state index in [4.69, 9.17) is 4.74 Å². The second-order valence-electron chi connectivity index (χ2n) is 9.84. The van der Waals surface area contributed by atoms with Crippen molar-refractivity contribution in [3.05, 3.63) is 73.0 Å². The van der Waals surface area contributed by atoms with Gasteiger partial charge in [0.1, 0.15) is 17.6 Å². The van der Waals surface area contributed by atoms with Gasteiger partial charge in [0.15, 0.2) is 0 Å². The van der Waals surface area contributed by atoms with Crippen molar-refractivity contribution >= 4 is 16.8 Å². The molecule has 0 bridgehead atoms. The lowest BCUT2D eigenvalue weighted by atomic mass is 9.87. The number of hydrogen-bond acceptors (Lipinski definition) is 6. The second-order valence-corrected chi connectivity index (χ2v) is 9.84. The van der Waals surface area contributed by atoms with Gasteiger partial charge in [0.2, 0.25) is 5.91 Å². The van der Waals surface area contributed by atoms with Crippen LogP contribution in [0.15, 0.2) is 67.3 Å². The first kappa shape index (κ1) is 24.6. The molecule has 0 spiro atoms. The number of nitrogens with one attached hydrogen (secondary N) is 1. The van der Waals surface area contributed by atoms with Crippen LogP contribution in [0.5, 0.6) is 11.5 Å². The second kappa shape index (κ2) is 10.5. The maximum Gasteiger partial charge on any atom is 0.246 e. The number of likely N-dealkylation sites (N-methyl/N-ethyl adjacent to an activating group) is 1. The average Bonchev–Trinajstić information content (AvgIpc) is 3.48. The normalized spacial score (nSPS) is 17.4. The Morgan fingerprint density at radius 2 is 1.97 bits per heavy atom. The van der Waals surface area contributed by atoms with Gasteiger partial charge < -0.3 is 24.2 Å². The summed E-state index contributed by atoms with van der Waals surface area (Å²) in [7, 11) is 5.89. The summed E-state index contributed by atoms with van der Waals surface area (Å²) in [5.41, 5.74) is 3.82. The van der Waals surface area contributed by atoms with Crippen LogP contribution in [0.2, 0.25) is 0 Å². The number of imidazole rings is 1. The lowest BCUT2D eigenvalue weighted by Gasteiger charge is -2.42. The van der Waals surface area contributed by atoms with Gasteiger partial charge >= 0.3 is 0 Å². The van der Waals surface area contributed by atoms with E-state index in [-0.39, 0.29) is 23.8 Å². The SMILES string of the molecule is CN(C)C/C=C/C(=O)N(Cc1cncn1C)[C@H]1C[C@H](Oc2cc(-c3ccc(O)cc3)cc3[nH]ncc23)C1. The minimum absolute atomic E-state index is 0.00180. The van der Waals surface area contributed by atoms with Crippen LogP contribution in [0.1, 0.15) is 18.5 Å². The third-order valence-electron chi connectivity index (χ3n) is 6.79. The van der Waals surface area contributed by atoms with Gasteiger partial charge in [0.25, 0.3) is 0 Å². The maximum absolute atomic E-state index is 13.1. The summed E-state index contributed by atoms with van der Waals surface area (Å²) in [5, 5.41) is 17.8. The summed E-state index contributed by atoms with van der Waals surface area (Å²) in [6.07, 6.45) is 10.4. The van der Waals surface area contributed by atoms with Crippen LogP contribution in [0.25, 0.3) is 22.0 Å². The molecule has 9 heteroatoms. The molecular formula is C28H32N6O3. The van der Waals surface area contributed by atoms with Crippen molar-refractivity contribution in [2.24, 2.45) is 7.05 Å². The molecule has 1 aliphatic carbocycles. The quantitative estimate of drug-likeness (QED) is 0.340. The van der Waals surface area contributed by atoms with E-state index in [2.05, 4.69) is 15.2 Å². The third kappa shape index (κ3) is 5.51. The Kier molecular flexibility index (Phi) is 6.96. The molecule has 1 amide bonds. The third-order valence-corrected chi connectivity index (χ3v) is 6.79. The minimum Gasteiger partial charge on any atom is -0.508 e. The van der Waals surface area contributed by atoms with E-state index >= 15 is 0 Å². The molecular weight excluding hydrogens is 468 g/mol. The van der Waals surface area contributed by atoms with Crippen LogP contribution < -0.4 is 4.74 Å². The van der Waals surface area contributed by atoms with E-state index in [1.165, 1.54) is 0 Å². The van der Waals surface area contributed by atoms with Crippen molar-refractivity contribution in [2.75, 3.05) is 20.6 Å². The number of fused-ring (bicyclic) bond motifs is 1. The zero-order chi connectivity index (χ0) is 25.9. The predicted octanol–water partition coefficient (Wildman–Crippen LogP) is 3.73. The molecule has 1 fully saturated rings. The van der Waals surface area contributed by atoms with Crippen LogP contribution in [-0.4, -0.2) is 73.3 Å². The highest BCUT2D eigenvalue weighted by Gasteiger charge is 2.37. The van der Waals surface area contributed by atoms with Gasteiger partial charge in [-0.1, -0.05) is 18.2 Å². The Hall–Kier alpha value is -4.11. The molecule has 9 nitrogen and oxygen atoms in total. The molecule has 0 aliphatic heterocycles. The van der Waals surface area contributed by atoms with Crippen molar-refractivity contribution < 1.29 is 14.6 Å². The van der Waals surface area contributed by atoms with Crippen molar-refractivity contribution in [3.8, 4) is 22.6 Å². The fraction of sp³-hybridized carbons (Fsp3) is 0.321. The van der Waals surface area contributed by atoms with E-state index in [1.807, 2.05) is 65.9 Å². The Morgan fingerprint density at radius 3 is 2.68 bits per heavy atom. The molecule has 0 atom stereocenters. The lowest BCUT2D eigenvalue weighted by molar-refractivity contribution is -0.133. The van der Waals surface area contributed by atoms with Gasteiger partial charge in [-0.3, -0.25) is 9.89 Å². The Bertz CT molecular complexity index is 1400. The van der Waals surface area contributed by atoms with Crippen LogP contribution >= 0.6 is 0 Å². The molecule has 2 N–H and O–H groups in total. The van der Waals surface area contributed by atoms with Gasteiger partial charge in [-0.05, 0) is 49.5 Å². The fourth-order valence-electron chi connectivity index (χ4n) is 4.56. The summed E-state index contributed by atoms with van der Waals surface area (Å²) < 4.78 is 8.40. The summed E-state index contributed by atoms with van der Waals surface area (Å²) in [6, 6.07) is 11.2. The van der Waals surface area contributed by atoms with Crippen LogP contribution in [-0.2, 0) is 18.4 Å². The maximum atomic E-state index is 13.1. The van der Waals surface area contributed by atoms with Crippen molar-refractivity contribution in [1.82, 2.24) is 29.5 Å². The number of nitrogens with zero attached hydrogens (tertiary/aromatic N) is 5. The molecule has 5 rings (SSSR count). The fourth-order valence-corrected chi connectivity index (χ4v) is 4.56. The highest BCUT2D eigenvalue weighted by Crippen LogP contribution is 2.37. The number of phenols is 1. The number of aryl methyl sites for hydroxylation is 1.